The molecule has 4 heteroatoms. The summed E-state index contributed by atoms with van der Waals surface area (Å²) < 4.78 is 17.3. The fraction of sp³-hybridized carbons (Fsp3) is 0.625. The van der Waals surface area contributed by atoms with Crippen LogP contribution in [-0.4, -0.2) is 26.9 Å². The van der Waals surface area contributed by atoms with Gasteiger partial charge in [-0.1, -0.05) is 0 Å². The molecule has 2 aliphatic rings. The molecule has 0 bridgehead atoms. The SMILES string of the molecule is CNC1CC2(CCCC2)Oc2cc(OC)cc(OC)c21. The van der Waals surface area contributed by atoms with Crippen molar-refractivity contribution in [2.75, 3.05) is 21.3 Å². The number of hydrogen-bond acceptors (Lipinski definition) is 4. The molecule has 1 aromatic carbocycles. The molecule has 1 aromatic rings. The largest absolute Gasteiger partial charge is 0.496 e. The first-order chi connectivity index (χ1) is 9.71. The van der Waals surface area contributed by atoms with Gasteiger partial charge in [-0.15, -0.1) is 0 Å². The molecule has 4 nitrogen and oxygen atoms in total. The van der Waals surface area contributed by atoms with Gasteiger partial charge in [0.2, 0.25) is 0 Å². The van der Waals surface area contributed by atoms with E-state index in [9.17, 15) is 0 Å². The smallest absolute Gasteiger partial charge is 0.132 e. The van der Waals surface area contributed by atoms with Gasteiger partial charge in [0.25, 0.3) is 0 Å². The molecule has 1 spiro atoms. The van der Waals surface area contributed by atoms with E-state index in [2.05, 4.69) is 5.32 Å². The second-order valence-corrected chi connectivity index (χ2v) is 5.78. The number of rotatable bonds is 3. The summed E-state index contributed by atoms with van der Waals surface area (Å²) in [6.45, 7) is 0. The summed E-state index contributed by atoms with van der Waals surface area (Å²) in [6.07, 6.45) is 5.81. The van der Waals surface area contributed by atoms with Crippen LogP contribution in [0.1, 0.15) is 43.7 Å². The summed E-state index contributed by atoms with van der Waals surface area (Å²) in [5.41, 5.74) is 1.12. The summed E-state index contributed by atoms with van der Waals surface area (Å²) in [6, 6.07) is 4.19. The quantitative estimate of drug-likeness (QED) is 0.921. The molecule has 0 radical (unpaired) electrons. The Balaban J connectivity index is 2.07. The summed E-state index contributed by atoms with van der Waals surface area (Å²) in [5, 5.41) is 3.42. The molecule has 0 aromatic heterocycles. The molecular weight excluding hydrogens is 254 g/mol. The number of methoxy groups -OCH3 is 2. The van der Waals surface area contributed by atoms with Crippen molar-refractivity contribution in [3.63, 3.8) is 0 Å². The van der Waals surface area contributed by atoms with Crippen LogP contribution in [0.5, 0.6) is 17.2 Å². The van der Waals surface area contributed by atoms with E-state index in [4.69, 9.17) is 14.2 Å². The molecule has 1 fully saturated rings. The molecule has 1 unspecified atom stereocenters. The summed E-state index contributed by atoms with van der Waals surface area (Å²) in [7, 11) is 5.37. The number of benzene rings is 1. The predicted molar refractivity (Wildman–Crippen MR) is 77.8 cm³/mol. The molecule has 20 heavy (non-hydrogen) atoms. The summed E-state index contributed by atoms with van der Waals surface area (Å²) >= 11 is 0. The van der Waals surface area contributed by atoms with Gasteiger partial charge in [-0.25, -0.2) is 0 Å². The van der Waals surface area contributed by atoms with E-state index in [0.29, 0.717) is 0 Å². The average Bonchev–Trinajstić information content (AvgIpc) is 2.92. The number of fused-ring (bicyclic) bond motifs is 1. The number of nitrogens with one attached hydrogen (secondary N) is 1. The Morgan fingerprint density at radius 1 is 1.20 bits per heavy atom. The van der Waals surface area contributed by atoms with Crippen LogP contribution < -0.4 is 19.5 Å². The highest BCUT2D eigenvalue weighted by molar-refractivity contribution is 5.54. The Morgan fingerprint density at radius 2 is 1.95 bits per heavy atom. The van der Waals surface area contributed by atoms with Gasteiger partial charge in [0, 0.05) is 24.6 Å². The highest BCUT2D eigenvalue weighted by atomic mass is 16.5. The summed E-state index contributed by atoms with van der Waals surface area (Å²) in [5.74, 6) is 2.53. The molecule has 0 amide bonds. The van der Waals surface area contributed by atoms with E-state index in [1.807, 2.05) is 19.2 Å². The first-order valence-electron chi connectivity index (χ1n) is 7.33. The normalized spacial score (nSPS) is 23.2. The Kier molecular flexibility index (Phi) is 3.50. The van der Waals surface area contributed by atoms with Crippen LogP contribution in [0.25, 0.3) is 0 Å². The van der Waals surface area contributed by atoms with Crippen LogP contribution in [0.4, 0.5) is 0 Å². The van der Waals surface area contributed by atoms with Crippen molar-refractivity contribution in [2.24, 2.45) is 0 Å². The molecular formula is C16H23NO3. The molecule has 110 valence electrons. The topological polar surface area (TPSA) is 39.7 Å². The summed E-state index contributed by atoms with van der Waals surface area (Å²) in [4.78, 5) is 0. The van der Waals surface area contributed by atoms with Crippen molar-refractivity contribution in [1.29, 1.82) is 0 Å². The second kappa shape index (κ2) is 5.17. The van der Waals surface area contributed by atoms with Gasteiger partial charge >= 0.3 is 0 Å². The lowest BCUT2D eigenvalue weighted by atomic mass is 9.85. The maximum atomic E-state index is 6.40. The van der Waals surface area contributed by atoms with E-state index >= 15 is 0 Å². The van der Waals surface area contributed by atoms with Crippen LogP contribution in [0.2, 0.25) is 0 Å². The van der Waals surface area contributed by atoms with E-state index < -0.39 is 0 Å². The van der Waals surface area contributed by atoms with E-state index in [1.54, 1.807) is 14.2 Å². The molecule has 3 rings (SSSR count). The molecule has 1 heterocycles. The molecule has 1 atom stereocenters. The van der Waals surface area contributed by atoms with Crippen molar-refractivity contribution in [3.05, 3.63) is 17.7 Å². The third-order valence-corrected chi connectivity index (χ3v) is 4.65. The minimum Gasteiger partial charge on any atom is -0.496 e. The van der Waals surface area contributed by atoms with Gasteiger partial charge in [0.1, 0.15) is 22.8 Å². The zero-order valence-corrected chi connectivity index (χ0v) is 12.5. The maximum Gasteiger partial charge on any atom is 0.132 e. The van der Waals surface area contributed by atoms with Crippen molar-refractivity contribution >= 4 is 0 Å². The Morgan fingerprint density at radius 3 is 2.55 bits per heavy atom. The molecule has 1 aliphatic carbocycles. The van der Waals surface area contributed by atoms with Crippen LogP contribution in [-0.2, 0) is 0 Å². The van der Waals surface area contributed by atoms with Gasteiger partial charge in [-0.3, -0.25) is 0 Å². The van der Waals surface area contributed by atoms with Crippen LogP contribution in [0, 0.1) is 0 Å². The maximum absolute atomic E-state index is 6.40. The van der Waals surface area contributed by atoms with Crippen LogP contribution in [0.3, 0.4) is 0 Å². The first-order valence-corrected chi connectivity index (χ1v) is 7.33. The predicted octanol–water partition coefficient (Wildman–Crippen LogP) is 3.06. The van der Waals surface area contributed by atoms with Gasteiger partial charge < -0.3 is 19.5 Å². The zero-order chi connectivity index (χ0) is 14.2. The van der Waals surface area contributed by atoms with Gasteiger partial charge in [-0.05, 0) is 32.7 Å². The van der Waals surface area contributed by atoms with E-state index in [-0.39, 0.29) is 11.6 Å². The average molecular weight is 277 g/mol. The Bertz CT molecular complexity index is 495. The fourth-order valence-corrected chi connectivity index (χ4v) is 3.61. The van der Waals surface area contributed by atoms with Crippen molar-refractivity contribution in [1.82, 2.24) is 5.32 Å². The Labute approximate surface area is 120 Å². The van der Waals surface area contributed by atoms with Crippen molar-refractivity contribution < 1.29 is 14.2 Å². The highest BCUT2D eigenvalue weighted by Gasteiger charge is 2.44. The highest BCUT2D eigenvalue weighted by Crippen LogP contribution is 2.50. The van der Waals surface area contributed by atoms with Crippen molar-refractivity contribution in [3.8, 4) is 17.2 Å². The first kappa shape index (κ1) is 13.6. The lowest BCUT2D eigenvalue weighted by Crippen LogP contribution is -2.41. The lowest BCUT2D eigenvalue weighted by molar-refractivity contribution is 0.0367. The molecule has 1 saturated carbocycles. The minimum absolute atomic E-state index is 0.00193. The van der Waals surface area contributed by atoms with Gasteiger partial charge in [0.05, 0.1) is 19.8 Å². The molecule has 1 N–H and O–H groups in total. The number of hydrogen-bond donors (Lipinski definition) is 1. The van der Waals surface area contributed by atoms with Crippen molar-refractivity contribution in [2.45, 2.75) is 43.7 Å². The van der Waals surface area contributed by atoms with E-state index in [0.717, 1.165) is 42.1 Å². The van der Waals surface area contributed by atoms with Crippen LogP contribution >= 0.6 is 0 Å². The third kappa shape index (κ3) is 2.12. The fourth-order valence-electron chi connectivity index (χ4n) is 3.61. The van der Waals surface area contributed by atoms with Crippen LogP contribution in [0.15, 0.2) is 12.1 Å². The number of ether oxygens (including phenoxy) is 3. The standard InChI is InChI=1S/C16H23NO3/c1-17-12-10-16(6-4-5-7-16)20-14-9-11(18-2)8-13(19-3)15(12)14/h8-9,12,17H,4-7,10H2,1-3H3. The third-order valence-electron chi connectivity index (χ3n) is 4.65. The monoisotopic (exact) mass is 277 g/mol. The van der Waals surface area contributed by atoms with Gasteiger partial charge in [0.15, 0.2) is 0 Å². The molecule has 1 aliphatic heterocycles. The second-order valence-electron chi connectivity index (χ2n) is 5.78. The molecule has 0 saturated heterocycles. The Hall–Kier alpha value is -1.42. The van der Waals surface area contributed by atoms with E-state index in [1.165, 1.54) is 12.8 Å². The van der Waals surface area contributed by atoms with Gasteiger partial charge in [-0.2, -0.15) is 0 Å². The zero-order valence-electron chi connectivity index (χ0n) is 12.5. The lowest BCUT2D eigenvalue weighted by Gasteiger charge is -2.40. The minimum atomic E-state index is -0.00193.